The van der Waals surface area contributed by atoms with Gasteiger partial charge in [-0.1, -0.05) is 12.1 Å². The summed E-state index contributed by atoms with van der Waals surface area (Å²) < 4.78 is 3.79. The molecule has 0 unspecified atom stereocenters. The summed E-state index contributed by atoms with van der Waals surface area (Å²) in [7, 11) is 1.91. The molecule has 0 bridgehead atoms. The average molecular weight is 335 g/mol. The molecule has 2 aromatic heterocycles. The summed E-state index contributed by atoms with van der Waals surface area (Å²) in [4.78, 5) is 19.1. The summed E-state index contributed by atoms with van der Waals surface area (Å²) in [5.74, 6) is 0.0961. The van der Waals surface area contributed by atoms with Gasteiger partial charge < -0.3 is 9.47 Å². The van der Waals surface area contributed by atoms with E-state index < -0.39 is 0 Å². The van der Waals surface area contributed by atoms with Gasteiger partial charge in [0.1, 0.15) is 0 Å². The maximum absolute atomic E-state index is 13.1. The predicted octanol–water partition coefficient (Wildman–Crippen LogP) is 2.64. The molecule has 1 fully saturated rings. The highest BCUT2D eigenvalue weighted by atomic mass is 16.2. The molecule has 6 heteroatoms. The van der Waals surface area contributed by atoms with Crippen molar-refractivity contribution in [1.82, 2.24) is 24.2 Å². The van der Waals surface area contributed by atoms with Crippen LogP contribution in [0.3, 0.4) is 0 Å². The summed E-state index contributed by atoms with van der Waals surface area (Å²) in [6.45, 7) is 1.51. The second-order valence-electron chi connectivity index (χ2n) is 6.54. The number of imidazole rings is 1. The lowest BCUT2D eigenvalue weighted by Crippen LogP contribution is -2.30. The molecule has 0 N–H and O–H groups in total. The standard InChI is InChI=1S/C19H21N5O/c1-22-13-17(11-21-22)18-6-3-8-24(18)19(25)16-5-2-4-15(10-16)12-23-9-7-20-14-23/h2,4-5,7,9-11,13-14,18H,3,6,8,12H2,1H3/t18-/m1/s1. The van der Waals surface area contributed by atoms with Crippen molar-refractivity contribution in [3.63, 3.8) is 0 Å². The molecule has 0 radical (unpaired) electrons. The van der Waals surface area contributed by atoms with E-state index in [2.05, 4.69) is 10.1 Å². The average Bonchev–Trinajstić information content (AvgIpc) is 3.35. The summed E-state index contributed by atoms with van der Waals surface area (Å²) in [5.41, 5.74) is 2.96. The lowest BCUT2D eigenvalue weighted by atomic mass is 10.1. The molecule has 25 heavy (non-hydrogen) atoms. The van der Waals surface area contributed by atoms with Crippen LogP contribution in [0.1, 0.15) is 40.4 Å². The zero-order valence-corrected chi connectivity index (χ0v) is 14.2. The molecule has 128 valence electrons. The second-order valence-corrected chi connectivity index (χ2v) is 6.54. The number of nitrogens with zero attached hydrogens (tertiary/aromatic N) is 5. The van der Waals surface area contributed by atoms with E-state index in [4.69, 9.17) is 0 Å². The van der Waals surface area contributed by atoms with Gasteiger partial charge in [0, 0.05) is 49.9 Å². The van der Waals surface area contributed by atoms with Gasteiger partial charge in [0.2, 0.25) is 0 Å². The third-order valence-corrected chi connectivity index (χ3v) is 4.72. The van der Waals surface area contributed by atoms with E-state index in [1.165, 1.54) is 0 Å². The maximum Gasteiger partial charge on any atom is 0.254 e. The summed E-state index contributed by atoms with van der Waals surface area (Å²) in [6.07, 6.45) is 11.4. The van der Waals surface area contributed by atoms with Crippen molar-refractivity contribution >= 4 is 5.91 Å². The predicted molar refractivity (Wildman–Crippen MR) is 94.0 cm³/mol. The first-order valence-corrected chi connectivity index (χ1v) is 8.55. The lowest BCUT2D eigenvalue weighted by molar-refractivity contribution is 0.0735. The first-order chi connectivity index (χ1) is 12.2. The summed E-state index contributed by atoms with van der Waals surface area (Å²) >= 11 is 0. The number of carbonyl (C=O) groups is 1. The zero-order chi connectivity index (χ0) is 17.2. The van der Waals surface area contributed by atoms with Gasteiger partial charge in [0.05, 0.1) is 18.6 Å². The molecule has 1 saturated heterocycles. The van der Waals surface area contributed by atoms with Crippen LogP contribution in [-0.4, -0.2) is 36.7 Å². The van der Waals surface area contributed by atoms with Gasteiger partial charge in [-0.25, -0.2) is 4.98 Å². The first kappa shape index (κ1) is 15.6. The Morgan fingerprint density at radius 1 is 1.36 bits per heavy atom. The third kappa shape index (κ3) is 3.20. The van der Waals surface area contributed by atoms with Crippen molar-refractivity contribution in [2.24, 2.45) is 7.05 Å². The largest absolute Gasteiger partial charge is 0.333 e. The van der Waals surface area contributed by atoms with Crippen LogP contribution in [0.4, 0.5) is 0 Å². The molecule has 3 heterocycles. The van der Waals surface area contributed by atoms with Crippen LogP contribution >= 0.6 is 0 Å². The van der Waals surface area contributed by atoms with Crippen LogP contribution in [0.15, 0.2) is 55.4 Å². The minimum Gasteiger partial charge on any atom is -0.333 e. The summed E-state index contributed by atoms with van der Waals surface area (Å²) in [6, 6.07) is 8.01. The molecule has 0 saturated carbocycles. The van der Waals surface area contributed by atoms with Gasteiger partial charge in [0.15, 0.2) is 0 Å². The van der Waals surface area contributed by atoms with Crippen molar-refractivity contribution in [3.05, 3.63) is 72.1 Å². The highest BCUT2D eigenvalue weighted by Gasteiger charge is 2.31. The Bertz CT molecular complexity index is 868. The SMILES string of the molecule is Cn1cc([C@H]2CCCN2C(=O)c2cccc(Cn3ccnc3)c2)cn1. The molecular formula is C19H21N5O. The lowest BCUT2D eigenvalue weighted by Gasteiger charge is -2.24. The molecule has 1 aromatic carbocycles. The monoisotopic (exact) mass is 335 g/mol. The van der Waals surface area contributed by atoms with Crippen LogP contribution in [0, 0.1) is 0 Å². The number of aryl methyl sites for hydroxylation is 1. The number of benzene rings is 1. The van der Waals surface area contributed by atoms with E-state index in [0.717, 1.165) is 36.1 Å². The number of hydrogen-bond donors (Lipinski definition) is 0. The highest BCUT2D eigenvalue weighted by molar-refractivity contribution is 5.94. The molecule has 1 amide bonds. The van der Waals surface area contributed by atoms with Crippen molar-refractivity contribution < 1.29 is 4.79 Å². The Balaban J connectivity index is 1.55. The smallest absolute Gasteiger partial charge is 0.254 e. The normalized spacial score (nSPS) is 17.2. The quantitative estimate of drug-likeness (QED) is 0.736. The Morgan fingerprint density at radius 2 is 2.28 bits per heavy atom. The molecule has 3 aromatic rings. The van der Waals surface area contributed by atoms with E-state index in [1.807, 2.05) is 59.4 Å². The van der Waals surface area contributed by atoms with Crippen molar-refractivity contribution in [2.45, 2.75) is 25.4 Å². The number of aromatic nitrogens is 4. The van der Waals surface area contributed by atoms with Crippen molar-refractivity contribution in [2.75, 3.05) is 6.54 Å². The van der Waals surface area contributed by atoms with Crippen molar-refractivity contribution in [3.8, 4) is 0 Å². The second kappa shape index (κ2) is 6.55. The number of rotatable bonds is 4. The summed E-state index contributed by atoms with van der Waals surface area (Å²) in [5, 5.41) is 4.25. The molecule has 1 atom stereocenters. The van der Waals surface area contributed by atoms with Crippen molar-refractivity contribution in [1.29, 1.82) is 0 Å². The highest BCUT2D eigenvalue weighted by Crippen LogP contribution is 2.32. The fourth-order valence-corrected chi connectivity index (χ4v) is 3.53. The van der Waals surface area contributed by atoms with Gasteiger partial charge in [0.25, 0.3) is 5.91 Å². The van der Waals surface area contributed by atoms with E-state index in [-0.39, 0.29) is 11.9 Å². The molecule has 0 aliphatic carbocycles. The minimum absolute atomic E-state index is 0.0961. The Labute approximate surface area is 146 Å². The van der Waals surface area contributed by atoms with Gasteiger partial charge in [-0.05, 0) is 30.5 Å². The van der Waals surface area contributed by atoms with Gasteiger partial charge >= 0.3 is 0 Å². The molecule has 0 spiro atoms. The Hall–Kier alpha value is -2.89. The molecular weight excluding hydrogens is 314 g/mol. The van der Waals surface area contributed by atoms with Crippen LogP contribution in [0.2, 0.25) is 0 Å². The Morgan fingerprint density at radius 3 is 3.04 bits per heavy atom. The van der Waals surface area contributed by atoms with Crippen LogP contribution in [0.25, 0.3) is 0 Å². The van der Waals surface area contributed by atoms with E-state index in [9.17, 15) is 4.79 Å². The third-order valence-electron chi connectivity index (χ3n) is 4.72. The Kier molecular flexibility index (Phi) is 4.09. The number of amides is 1. The fraction of sp³-hybridized carbons (Fsp3) is 0.316. The van der Waals surface area contributed by atoms with Crippen LogP contribution in [0.5, 0.6) is 0 Å². The van der Waals surface area contributed by atoms with Gasteiger partial charge in [-0.15, -0.1) is 0 Å². The molecule has 1 aliphatic rings. The van der Waals surface area contributed by atoms with Crippen LogP contribution in [-0.2, 0) is 13.6 Å². The van der Waals surface area contributed by atoms with E-state index in [0.29, 0.717) is 6.54 Å². The number of likely N-dealkylation sites (tertiary alicyclic amines) is 1. The van der Waals surface area contributed by atoms with Gasteiger partial charge in [-0.2, -0.15) is 5.10 Å². The first-order valence-electron chi connectivity index (χ1n) is 8.55. The molecule has 6 nitrogen and oxygen atoms in total. The van der Waals surface area contributed by atoms with Crippen LogP contribution < -0.4 is 0 Å². The number of hydrogen-bond acceptors (Lipinski definition) is 3. The fourth-order valence-electron chi connectivity index (χ4n) is 3.53. The maximum atomic E-state index is 13.1. The van der Waals surface area contributed by atoms with E-state index in [1.54, 1.807) is 17.2 Å². The molecule has 4 rings (SSSR count). The zero-order valence-electron chi connectivity index (χ0n) is 14.2. The van der Waals surface area contributed by atoms with Gasteiger partial charge in [-0.3, -0.25) is 9.48 Å². The number of carbonyl (C=O) groups excluding carboxylic acids is 1. The molecule has 1 aliphatic heterocycles. The minimum atomic E-state index is 0.0961. The van der Waals surface area contributed by atoms with E-state index >= 15 is 0 Å². The topological polar surface area (TPSA) is 56.0 Å².